The van der Waals surface area contributed by atoms with Crippen molar-refractivity contribution in [2.45, 2.75) is 18.9 Å². The van der Waals surface area contributed by atoms with E-state index in [1.54, 1.807) is 24.2 Å². The van der Waals surface area contributed by atoms with E-state index < -0.39 is 0 Å². The van der Waals surface area contributed by atoms with Crippen LogP contribution in [0.3, 0.4) is 0 Å². The van der Waals surface area contributed by atoms with Crippen LogP contribution in [0.1, 0.15) is 13.8 Å². The van der Waals surface area contributed by atoms with Gasteiger partial charge in [0.2, 0.25) is 0 Å². The van der Waals surface area contributed by atoms with Crippen LogP contribution in [0.2, 0.25) is 0 Å². The maximum Gasteiger partial charge on any atom is 0.114 e. The molecule has 78 valence electrons. The Labute approximate surface area is 89.7 Å². The van der Waals surface area contributed by atoms with E-state index in [2.05, 4.69) is 29.1 Å². The first kappa shape index (κ1) is 11.5. The van der Waals surface area contributed by atoms with Crippen molar-refractivity contribution in [2.75, 3.05) is 18.8 Å². The number of hydrogen-bond donors (Lipinski definition) is 1. The minimum Gasteiger partial charge on any atom is -0.317 e. The Morgan fingerprint density at radius 2 is 2.36 bits per heavy atom. The van der Waals surface area contributed by atoms with Gasteiger partial charge in [-0.1, -0.05) is 13.8 Å². The maximum absolute atomic E-state index is 4.21. The molecule has 1 N–H and O–H groups in total. The van der Waals surface area contributed by atoms with Gasteiger partial charge in [-0.2, -0.15) is 0 Å². The van der Waals surface area contributed by atoms with E-state index >= 15 is 0 Å². The molecule has 3 nitrogen and oxygen atoms in total. The molecule has 0 bridgehead atoms. The molecule has 0 saturated carbocycles. The Kier molecular flexibility index (Phi) is 5.56. The fraction of sp³-hybridized carbons (Fsp3) is 0.600. The van der Waals surface area contributed by atoms with Gasteiger partial charge < -0.3 is 5.32 Å². The summed E-state index contributed by atoms with van der Waals surface area (Å²) in [5.41, 5.74) is 0. The molecule has 0 saturated heterocycles. The summed E-state index contributed by atoms with van der Waals surface area (Å²) in [5.74, 6) is 1.76. The summed E-state index contributed by atoms with van der Waals surface area (Å²) in [4.78, 5) is 8.24. The van der Waals surface area contributed by atoms with Gasteiger partial charge in [0.25, 0.3) is 0 Å². The Morgan fingerprint density at radius 1 is 1.50 bits per heavy atom. The molecule has 1 unspecified atom stereocenters. The van der Waals surface area contributed by atoms with Gasteiger partial charge in [0.05, 0.1) is 6.20 Å². The average Bonchev–Trinajstić information content (AvgIpc) is 2.25. The lowest BCUT2D eigenvalue weighted by Gasteiger charge is -2.10. The van der Waals surface area contributed by atoms with Crippen LogP contribution in [0, 0.1) is 5.92 Å². The molecular formula is C10H17N3S. The molecule has 0 aliphatic carbocycles. The molecule has 0 aliphatic rings. The summed E-state index contributed by atoms with van der Waals surface area (Å²) < 4.78 is 0. The van der Waals surface area contributed by atoms with Gasteiger partial charge in [-0.05, 0) is 19.0 Å². The second-order valence-electron chi connectivity index (χ2n) is 3.27. The van der Waals surface area contributed by atoms with E-state index in [0.29, 0.717) is 5.92 Å². The minimum atomic E-state index is 0.668. The van der Waals surface area contributed by atoms with Crippen molar-refractivity contribution < 1.29 is 0 Å². The molecule has 1 rings (SSSR count). The largest absolute Gasteiger partial charge is 0.317 e. The van der Waals surface area contributed by atoms with Crippen molar-refractivity contribution in [1.29, 1.82) is 0 Å². The van der Waals surface area contributed by atoms with Gasteiger partial charge in [0.1, 0.15) is 5.03 Å². The molecule has 0 fully saturated rings. The number of thioether (sulfide) groups is 1. The first-order valence-corrected chi connectivity index (χ1v) is 5.91. The summed E-state index contributed by atoms with van der Waals surface area (Å²) in [5, 5.41) is 4.34. The van der Waals surface area contributed by atoms with Crippen molar-refractivity contribution in [3.8, 4) is 0 Å². The van der Waals surface area contributed by atoms with Crippen LogP contribution >= 0.6 is 11.8 Å². The van der Waals surface area contributed by atoms with E-state index in [0.717, 1.165) is 23.9 Å². The van der Waals surface area contributed by atoms with Gasteiger partial charge in [-0.25, -0.2) is 4.98 Å². The van der Waals surface area contributed by atoms with Crippen LogP contribution in [0.5, 0.6) is 0 Å². The summed E-state index contributed by atoms with van der Waals surface area (Å²) in [6, 6.07) is 0. The van der Waals surface area contributed by atoms with Crippen molar-refractivity contribution >= 4 is 11.8 Å². The Balaban J connectivity index is 2.20. The lowest BCUT2D eigenvalue weighted by Crippen LogP contribution is -2.21. The Morgan fingerprint density at radius 3 is 3.00 bits per heavy atom. The van der Waals surface area contributed by atoms with Crippen molar-refractivity contribution in [2.24, 2.45) is 5.92 Å². The third-order valence-corrected chi connectivity index (χ3v) is 3.04. The molecule has 1 aromatic heterocycles. The Bertz CT molecular complexity index is 240. The number of rotatable bonds is 6. The van der Waals surface area contributed by atoms with E-state index in [-0.39, 0.29) is 0 Å². The minimum absolute atomic E-state index is 0.668. The highest BCUT2D eigenvalue weighted by atomic mass is 32.2. The SMILES string of the molecule is CCNCC(C)CSc1cnccn1. The monoisotopic (exact) mass is 211 g/mol. The predicted molar refractivity (Wildman–Crippen MR) is 60.5 cm³/mol. The van der Waals surface area contributed by atoms with Crippen LogP contribution in [-0.2, 0) is 0 Å². The third kappa shape index (κ3) is 4.58. The number of nitrogens with zero attached hydrogens (tertiary/aromatic N) is 2. The number of nitrogens with one attached hydrogen (secondary N) is 1. The van der Waals surface area contributed by atoms with Crippen LogP contribution < -0.4 is 5.32 Å². The van der Waals surface area contributed by atoms with E-state index in [1.165, 1.54) is 0 Å². The lowest BCUT2D eigenvalue weighted by atomic mass is 10.2. The molecule has 1 aromatic rings. The molecule has 0 radical (unpaired) electrons. The fourth-order valence-electron chi connectivity index (χ4n) is 1.04. The third-order valence-electron chi connectivity index (χ3n) is 1.80. The van der Waals surface area contributed by atoms with Crippen LogP contribution in [0.25, 0.3) is 0 Å². The molecule has 0 amide bonds. The highest BCUT2D eigenvalue weighted by Crippen LogP contribution is 2.16. The van der Waals surface area contributed by atoms with Gasteiger partial charge in [0, 0.05) is 18.1 Å². The molecule has 4 heteroatoms. The standard InChI is InChI=1S/C10H17N3S/c1-3-11-6-9(2)8-14-10-7-12-4-5-13-10/h4-5,7,9,11H,3,6,8H2,1-2H3. The van der Waals surface area contributed by atoms with Crippen LogP contribution in [0.4, 0.5) is 0 Å². The highest BCUT2D eigenvalue weighted by Gasteiger charge is 2.02. The molecule has 1 atom stereocenters. The first-order chi connectivity index (χ1) is 6.83. The zero-order chi connectivity index (χ0) is 10.2. The first-order valence-electron chi connectivity index (χ1n) is 4.92. The van der Waals surface area contributed by atoms with Gasteiger partial charge in [0.15, 0.2) is 0 Å². The molecular weight excluding hydrogens is 194 g/mol. The molecule has 0 aliphatic heterocycles. The second kappa shape index (κ2) is 6.79. The fourth-order valence-corrected chi connectivity index (χ4v) is 1.88. The lowest BCUT2D eigenvalue weighted by molar-refractivity contribution is 0.573. The zero-order valence-electron chi connectivity index (χ0n) is 8.73. The quantitative estimate of drug-likeness (QED) is 0.728. The number of hydrogen-bond acceptors (Lipinski definition) is 4. The van der Waals surface area contributed by atoms with E-state index in [1.807, 2.05) is 6.20 Å². The van der Waals surface area contributed by atoms with Crippen molar-refractivity contribution in [3.63, 3.8) is 0 Å². The topological polar surface area (TPSA) is 37.8 Å². The second-order valence-corrected chi connectivity index (χ2v) is 4.31. The Hall–Kier alpha value is -0.610. The van der Waals surface area contributed by atoms with Gasteiger partial charge >= 0.3 is 0 Å². The van der Waals surface area contributed by atoms with E-state index in [9.17, 15) is 0 Å². The van der Waals surface area contributed by atoms with Crippen LogP contribution in [-0.4, -0.2) is 28.8 Å². The highest BCUT2D eigenvalue weighted by molar-refractivity contribution is 7.99. The maximum atomic E-state index is 4.21. The van der Waals surface area contributed by atoms with Crippen molar-refractivity contribution in [1.82, 2.24) is 15.3 Å². The number of aromatic nitrogens is 2. The summed E-state index contributed by atoms with van der Waals surface area (Å²) in [6.07, 6.45) is 5.24. The van der Waals surface area contributed by atoms with Gasteiger partial charge in [-0.15, -0.1) is 11.8 Å². The summed E-state index contributed by atoms with van der Waals surface area (Å²) >= 11 is 1.77. The molecule has 0 aromatic carbocycles. The molecule has 14 heavy (non-hydrogen) atoms. The average molecular weight is 211 g/mol. The van der Waals surface area contributed by atoms with Crippen LogP contribution in [0.15, 0.2) is 23.6 Å². The normalized spacial score (nSPS) is 12.7. The van der Waals surface area contributed by atoms with E-state index in [4.69, 9.17) is 0 Å². The molecule has 0 spiro atoms. The smallest absolute Gasteiger partial charge is 0.114 e. The summed E-state index contributed by atoms with van der Waals surface area (Å²) in [7, 11) is 0. The predicted octanol–water partition coefficient (Wildman–Crippen LogP) is 1.81. The van der Waals surface area contributed by atoms with Crippen molar-refractivity contribution in [3.05, 3.63) is 18.6 Å². The van der Waals surface area contributed by atoms with Gasteiger partial charge in [-0.3, -0.25) is 4.98 Å². The summed E-state index contributed by atoms with van der Waals surface area (Å²) in [6.45, 7) is 6.48. The zero-order valence-corrected chi connectivity index (χ0v) is 9.55. The molecule has 1 heterocycles.